The van der Waals surface area contributed by atoms with Crippen LogP contribution in [0.15, 0.2) is 18.2 Å². The number of thiophene rings is 1. The van der Waals surface area contributed by atoms with E-state index in [9.17, 15) is 9.59 Å². The third kappa shape index (κ3) is 4.87. The number of carbonyl (C=O) groups is 2. The van der Waals surface area contributed by atoms with E-state index in [0.717, 1.165) is 4.88 Å². The number of ether oxygens (including phenoxy) is 1. The van der Waals surface area contributed by atoms with E-state index in [1.807, 2.05) is 32.9 Å². The van der Waals surface area contributed by atoms with Crippen molar-refractivity contribution in [3.63, 3.8) is 0 Å². The van der Waals surface area contributed by atoms with Crippen LogP contribution in [0.2, 0.25) is 0 Å². The van der Waals surface area contributed by atoms with Gasteiger partial charge in [-0.1, -0.05) is 0 Å². The minimum absolute atomic E-state index is 0.0270. The number of rotatable bonds is 5. The molecule has 1 aromatic heterocycles. The van der Waals surface area contributed by atoms with Crippen molar-refractivity contribution in [2.75, 3.05) is 13.7 Å². The van der Waals surface area contributed by atoms with Gasteiger partial charge >= 0.3 is 5.97 Å². The average Bonchev–Trinajstić information content (AvgIpc) is 2.78. The second kappa shape index (κ2) is 7.09. The Kier molecular flexibility index (Phi) is 5.76. The van der Waals surface area contributed by atoms with E-state index >= 15 is 0 Å². The molecule has 104 valence electrons. The summed E-state index contributed by atoms with van der Waals surface area (Å²) in [5, 5.41) is 0. The molecule has 0 aliphatic carbocycles. The summed E-state index contributed by atoms with van der Waals surface area (Å²) >= 11 is 1.62. The number of hydrogen-bond acceptors (Lipinski definition) is 4. The van der Waals surface area contributed by atoms with Crippen molar-refractivity contribution >= 4 is 29.3 Å². The Hall–Kier alpha value is -1.62. The number of aryl methyl sites for hydroxylation is 1. The first-order chi connectivity index (χ1) is 8.93. The lowest BCUT2D eigenvalue weighted by atomic mass is 10.3. The molecule has 0 spiro atoms. The van der Waals surface area contributed by atoms with Crippen molar-refractivity contribution in [1.29, 1.82) is 0 Å². The molecule has 5 heteroatoms. The standard InChI is InChI=1S/C14H19NO3S/c1-10(2)15(9-14(17)18-4)13(16)8-7-12-6-5-11(3)19-12/h5-8,10H,9H2,1-4H3/b8-7+. The molecule has 1 amide bonds. The first kappa shape index (κ1) is 15.4. The molecule has 0 bridgehead atoms. The molecule has 1 rings (SSSR count). The zero-order valence-corrected chi connectivity index (χ0v) is 12.5. The fraction of sp³-hybridized carbons (Fsp3) is 0.429. The van der Waals surface area contributed by atoms with Gasteiger partial charge in [-0.3, -0.25) is 9.59 Å². The summed E-state index contributed by atoms with van der Waals surface area (Å²) in [5.74, 6) is -0.603. The van der Waals surface area contributed by atoms with Gasteiger partial charge in [-0.2, -0.15) is 0 Å². The summed E-state index contributed by atoms with van der Waals surface area (Å²) in [6, 6.07) is 3.91. The fourth-order valence-electron chi connectivity index (χ4n) is 1.51. The average molecular weight is 281 g/mol. The van der Waals surface area contributed by atoms with Gasteiger partial charge in [0.05, 0.1) is 7.11 Å². The number of amides is 1. The van der Waals surface area contributed by atoms with Crippen LogP contribution in [0.5, 0.6) is 0 Å². The van der Waals surface area contributed by atoms with Gasteiger partial charge in [0.2, 0.25) is 5.91 Å². The summed E-state index contributed by atoms with van der Waals surface area (Å²) in [6.07, 6.45) is 3.26. The van der Waals surface area contributed by atoms with Crippen LogP contribution < -0.4 is 0 Å². The van der Waals surface area contributed by atoms with Gasteiger partial charge in [-0.05, 0) is 39.0 Å². The first-order valence-electron chi connectivity index (χ1n) is 6.06. The second-order valence-corrected chi connectivity index (χ2v) is 5.74. The van der Waals surface area contributed by atoms with Crippen LogP contribution in [0, 0.1) is 6.92 Å². The molecule has 0 radical (unpaired) electrons. The summed E-state index contributed by atoms with van der Waals surface area (Å²) < 4.78 is 4.59. The number of esters is 1. The van der Waals surface area contributed by atoms with E-state index in [1.54, 1.807) is 17.4 Å². The maximum Gasteiger partial charge on any atom is 0.325 e. The normalized spacial score (nSPS) is 11.0. The number of carbonyl (C=O) groups excluding carboxylic acids is 2. The van der Waals surface area contributed by atoms with Crippen LogP contribution in [0.4, 0.5) is 0 Å². The number of hydrogen-bond donors (Lipinski definition) is 0. The van der Waals surface area contributed by atoms with Crippen molar-refractivity contribution in [2.45, 2.75) is 26.8 Å². The molecular formula is C14H19NO3S. The zero-order chi connectivity index (χ0) is 14.4. The SMILES string of the molecule is COC(=O)CN(C(=O)/C=C/c1ccc(C)s1)C(C)C. The van der Waals surface area contributed by atoms with Crippen LogP contribution in [0.1, 0.15) is 23.6 Å². The maximum atomic E-state index is 12.1. The Labute approximate surface area is 117 Å². The lowest BCUT2D eigenvalue weighted by Gasteiger charge is -2.23. The van der Waals surface area contributed by atoms with Gasteiger partial charge in [0, 0.05) is 21.9 Å². The van der Waals surface area contributed by atoms with Crippen LogP contribution in [0.3, 0.4) is 0 Å². The molecule has 0 fully saturated rings. The highest BCUT2D eigenvalue weighted by Gasteiger charge is 2.18. The highest BCUT2D eigenvalue weighted by Crippen LogP contribution is 2.16. The molecule has 0 N–H and O–H groups in total. The maximum absolute atomic E-state index is 12.1. The van der Waals surface area contributed by atoms with Crippen LogP contribution in [0.25, 0.3) is 6.08 Å². The summed E-state index contributed by atoms with van der Waals surface area (Å²) in [7, 11) is 1.32. The Bertz CT molecular complexity index is 477. The van der Waals surface area contributed by atoms with Gasteiger partial charge in [-0.25, -0.2) is 0 Å². The molecule has 0 aliphatic heterocycles. The highest BCUT2D eigenvalue weighted by molar-refractivity contribution is 7.12. The molecule has 0 saturated carbocycles. The minimum atomic E-state index is -0.414. The third-order valence-electron chi connectivity index (χ3n) is 2.58. The molecule has 0 saturated heterocycles. The van der Waals surface area contributed by atoms with E-state index in [4.69, 9.17) is 0 Å². The topological polar surface area (TPSA) is 46.6 Å². The van der Waals surface area contributed by atoms with Crippen molar-refractivity contribution in [3.05, 3.63) is 28.0 Å². The number of nitrogens with zero attached hydrogens (tertiary/aromatic N) is 1. The van der Waals surface area contributed by atoms with E-state index in [-0.39, 0.29) is 18.5 Å². The highest BCUT2D eigenvalue weighted by atomic mass is 32.1. The minimum Gasteiger partial charge on any atom is -0.468 e. The van der Waals surface area contributed by atoms with Crippen molar-refractivity contribution in [2.24, 2.45) is 0 Å². The lowest BCUT2D eigenvalue weighted by Crippen LogP contribution is -2.40. The van der Waals surface area contributed by atoms with E-state index in [0.29, 0.717) is 0 Å². The number of methoxy groups -OCH3 is 1. The van der Waals surface area contributed by atoms with E-state index in [1.165, 1.54) is 23.0 Å². The molecular weight excluding hydrogens is 262 g/mol. The molecule has 1 aromatic rings. The second-order valence-electron chi connectivity index (χ2n) is 4.42. The Morgan fingerprint density at radius 2 is 2.11 bits per heavy atom. The summed E-state index contributed by atoms with van der Waals surface area (Å²) in [6.45, 7) is 5.72. The Morgan fingerprint density at radius 1 is 1.42 bits per heavy atom. The molecule has 0 aliphatic rings. The quantitative estimate of drug-likeness (QED) is 0.615. The molecule has 1 heterocycles. The Balaban J connectivity index is 2.72. The van der Waals surface area contributed by atoms with E-state index in [2.05, 4.69) is 4.74 Å². The predicted octanol–water partition coefficient (Wildman–Crippen LogP) is 2.48. The van der Waals surface area contributed by atoms with E-state index < -0.39 is 5.97 Å². The monoisotopic (exact) mass is 281 g/mol. The van der Waals surface area contributed by atoms with Crippen LogP contribution in [-0.4, -0.2) is 36.5 Å². The van der Waals surface area contributed by atoms with Crippen molar-refractivity contribution in [1.82, 2.24) is 4.90 Å². The van der Waals surface area contributed by atoms with Crippen LogP contribution >= 0.6 is 11.3 Å². The molecule has 0 atom stereocenters. The fourth-order valence-corrected chi connectivity index (χ4v) is 2.29. The smallest absolute Gasteiger partial charge is 0.325 e. The predicted molar refractivity (Wildman–Crippen MR) is 77.0 cm³/mol. The first-order valence-corrected chi connectivity index (χ1v) is 6.87. The molecule has 19 heavy (non-hydrogen) atoms. The largest absolute Gasteiger partial charge is 0.468 e. The van der Waals surface area contributed by atoms with Gasteiger partial charge in [-0.15, -0.1) is 11.3 Å². The molecule has 4 nitrogen and oxygen atoms in total. The van der Waals surface area contributed by atoms with Gasteiger partial charge in [0.25, 0.3) is 0 Å². The molecule has 0 unspecified atom stereocenters. The van der Waals surface area contributed by atoms with Gasteiger partial charge < -0.3 is 9.64 Å². The van der Waals surface area contributed by atoms with Crippen LogP contribution in [-0.2, 0) is 14.3 Å². The molecule has 0 aromatic carbocycles. The van der Waals surface area contributed by atoms with Gasteiger partial charge in [0.1, 0.15) is 6.54 Å². The van der Waals surface area contributed by atoms with Crippen molar-refractivity contribution < 1.29 is 14.3 Å². The van der Waals surface area contributed by atoms with Gasteiger partial charge in [0.15, 0.2) is 0 Å². The third-order valence-corrected chi connectivity index (χ3v) is 3.55. The zero-order valence-electron chi connectivity index (χ0n) is 11.7. The Morgan fingerprint density at radius 3 is 2.58 bits per heavy atom. The summed E-state index contributed by atoms with van der Waals surface area (Å²) in [5.41, 5.74) is 0. The van der Waals surface area contributed by atoms with Crippen molar-refractivity contribution in [3.8, 4) is 0 Å². The lowest BCUT2D eigenvalue weighted by molar-refractivity contribution is -0.146. The summed E-state index contributed by atoms with van der Waals surface area (Å²) in [4.78, 5) is 27.0.